The van der Waals surface area contributed by atoms with Gasteiger partial charge in [0.25, 0.3) is 0 Å². The van der Waals surface area contributed by atoms with E-state index < -0.39 is 17.0 Å². The number of carbonyl (C=O) groups excluding carboxylic acids is 1. The Morgan fingerprint density at radius 3 is 2.00 bits per heavy atom. The van der Waals surface area contributed by atoms with Crippen LogP contribution in [0.3, 0.4) is 0 Å². The molecule has 0 spiro atoms. The Hall–Kier alpha value is -0.536. The van der Waals surface area contributed by atoms with Crippen LogP contribution in [-0.4, -0.2) is 16.4 Å². The Balaban J connectivity index is 0.000000179. The molecule has 0 aromatic carbocycles. The molecule has 0 heterocycles. The molecule has 2 nitrogen and oxygen atoms in total. The summed E-state index contributed by atoms with van der Waals surface area (Å²) in [5.41, 5.74) is 9.90. The minimum atomic E-state index is -1.10. The maximum absolute atomic E-state index is 14.3. The molecule has 25 heavy (non-hydrogen) atoms. The van der Waals surface area contributed by atoms with Crippen molar-refractivity contribution >= 4 is 10.7 Å². The first kappa shape index (κ1) is 20.8. The summed E-state index contributed by atoms with van der Waals surface area (Å²) in [6, 6.07) is 0. The van der Waals surface area contributed by atoms with Crippen LogP contribution in [0.2, 0.25) is 0 Å². The predicted molar refractivity (Wildman–Crippen MR) is 97.4 cm³/mol. The molecule has 1 amide bonds. The van der Waals surface area contributed by atoms with E-state index in [9.17, 15) is 9.18 Å². The zero-order chi connectivity index (χ0) is 19.0. The molecule has 5 rings (SSSR count). The molecule has 0 saturated heterocycles. The predicted octanol–water partition coefficient (Wildman–Crippen LogP) is 5.56. The van der Waals surface area contributed by atoms with E-state index in [1.165, 1.54) is 16.7 Å². The summed E-state index contributed by atoms with van der Waals surface area (Å²) in [4.78, 5) is 14.6. The number of halogens is 1. The van der Waals surface area contributed by atoms with Crippen molar-refractivity contribution in [3.05, 3.63) is 28.5 Å². The van der Waals surface area contributed by atoms with E-state index in [0.29, 0.717) is 37.0 Å². The summed E-state index contributed by atoms with van der Waals surface area (Å²) in [6.45, 7) is 8.67. The second-order valence-electron chi connectivity index (χ2n) is 8.52. The summed E-state index contributed by atoms with van der Waals surface area (Å²) in [5.74, 6) is 0.824. The molecule has 3 atom stereocenters. The third kappa shape index (κ3) is 4.08. The number of nitrogens with one attached hydrogen (secondary N) is 1. The molecule has 0 aliphatic heterocycles. The smallest absolute Gasteiger partial charge is 0.112 e. The molecular weight excluding hydrogens is 349 g/mol. The van der Waals surface area contributed by atoms with Gasteiger partial charge in [0.05, 0.1) is 5.91 Å². The Bertz CT molecular complexity index is 595. The zero-order valence-electron chi connectivity index (χ0n) is 16.0. The van der Waals surface area contributed by atoms with Crippen LogP contribution >= 0.6 is 0 Å². The average molecular weight is 379 g/mol. The van der Waals surface area contributed by atoms with Gasteiger partial charge in [-0.3, -0.25) is 6.08 Å². The van der Waals surface area contributed by atoms with Crippen LogP contribution in [-0.2, 0) is 24.8 Å². The van der Waals surface area contributed by atoms with Crippen molar-refractivity contribution in [2.75, 3.05) is 0 Å². The number of hydrogen-bond donors (Lipinski definition) is 0. The maximum Gasteiger partial charge on any atom is 0.112 e. The van der Waals surface area contributed by atoms with Crippen molar-refractivity contribution in [3.63, 3.8) is 0 Å². The Morgan fingerprint density at radius 2 is 1.72 bits per heavy atom. The van der Waals surface area contributed by atoms with Crippen molar-refractivity contribution in [2.24, 2.45) is 23.2 Å². The first-order valence-corrected chi connectivity index (χ1v) is 10.3. The number of alkyl halides is 1. The Labute approximate surface area is 163 Å². The quantitative estimate of drug-likeness (QED) is 0.434. The van der Waals surface area contributed by atoms with Gasteiger partial charge in [0, 0.05) is 5.41 Å². The molecule has 0 aromatic heterocycles. The molecular formula is C21H30FNOTi. The van der Waals surface area contributed by atoms with Crippen molar-refractivity contribution in [1.29, 1.82) is 0 Å². The van der Waals surface area contributed by atoms with Gasteiger partial charge in [0.1, 0.15) is 5.67 Å². The third-order valence-corrected chi connectivity index (χ3v) is 6.71. The minimum Gasteiger partial charge on any atom is -0.667 e. The normalized spacial score (nSPS) is 40.8. The van der Waals surface area contributed by atoms with Crippen LogP contribution in [0.1, 0.15) is 66.2 Å². The second-order valence-corrected chi connectivity index (χ2v) is 8.52. The number of rotatable bonds is 1. The third-order valence-electron chi connectivity index (χ3n) is 6.71. The molecule has 4 saturated carbocycles. The molecule has 136 valence electrons. The molecule has 4 bridgehead atoms. The maximum atomic E-state index is 14.3. The Morgan fingerprint density at radius 1 is 1.20 bits per heavy atom. The molecule has 5 aliphatic carbocycles. The monoisotopic (exact) mass is 379 g/mol. The van der Waals surface area contributed by atoms with Gasteiger partial charge in [0.15, 0.2) is 0 Å². The first-order chi connectivity index (χ1) is 11.6. The SMILES string of the molecule is CC1=[C-]C(C)C(C)=C1C.[CH2]=[Ti+2].[NH-]C(=O)C12CC3CC(CC(F)(C3)C1)C2. The number of allylic oxidation sites excluding steroid dienone is 4. The summed E-state index contributed by atoms with van der Waals surface area (Å²) in [6.07, 6.45) is 7.68. The topological polar surface area (TPSA) is 40.9 Å². The van der Waals surface area contributed by atoms with Gasteiger partial charge in [-0.2, -0.15) is 11.1 Å². The van der Waals surface area contributed by atoms with Gasteiger partial charge in [-0.25, -0.2) is 9.96 Å². The fourth-order valence-corrected chi connectivity index (χ4v) is 5.58. The van der Waals surface area contributed by atoms with Crippen LogP contribution < -0.4 is 0 Å². The standard InChI is InChI=1S/C11H16FNO.C9H13.CH2.Ti/c12-11-4-7-1-8(5-11)3-10(2-7,6-11)9(13)14;1-6-5-7(2)9(4)8(6)3;;/h7-8H,1-6H2,(H2,13,14);6H,1-4H3;1H2;/q;-1;;+2/p-1. The van der Waals surface area contributed by atoms with Gasteiger partial charge in [0.2, 0.25) is 0 Å². The van der Waals surface area contributed by atoms with E-state index in [-0.39, 0.29) is 0 Å². The van der Waals surface area contributed by atoms with Crippen LogP contribution in [0.25, 0.3) is 5.73 Å². The van der Waals surface area contributed by atoms with Crippen molar-refractivity contribution in [1.82, 2.24) is 0 Å². The van der Waals surface area contributed by atoms with Gasteiger partial charge < -0.3 is 10.5 Å². The Kier molecular flexibility index (Phi) is 6.32. The minimum absolute atomic E-state index is 0.343. The van der Waals surface area contributed by atoms with Crippen LogP contribution in [0.4, 0.5) is 4.39 Å². The largest absolute Gasteiger partial charge is 0.667 e. The van der Waals surface area contributed by atoms with Gasteiger partial charge in [-0.05, 0) is 50.4 Å². The molecule has 0 radical (unpaired) electrons. The first-order valence-electron chi connectivity index (χ1n) is 9.22. The molecule has 1 N–H and O–H groups in total. The number of hydrogen-bond acceptors (Lipinski definition) is 1. The fraction of sp³-hybridized carbons (Fsp3) is 0.714. The van der Waals surface area contributed by atoms with Crippen LogP contribution in [0, 0.1) is 29.2 Å². The second kappa shape index (κ2) is 7.60. The van der Waals surface area contributed by atoms with Gasteiger partial charge in [-0.1, -0.05) is 26.7 Å². The van der Waals surface area contributed by atoms with Crippen LogP contribution in [0.15, 0.2) is 16.7 Å². The van der Waals surface area contributed by atoms with Crippen molar-refractivity contribution in [2.45, 2.75) is 71.9 Å². The average Bonchev–Trinajstić information content (AvgIpc) is 2.74. The summed E-state index contributed by atoms with van der Waals surface area (Å²) < 4.78 is 14.3. The molecule has 0 aromatic rings. The van der Waals surface area contributed by atoms with Crippen molar-refractivity contribution < 1.29 is 29.2 Å². The summed E-state index contributed by atoms with van der Waals surface area (Å²) >= 11 is 1.75. The van der Waals surface area contributed by atoms with Gasteiger partial charge in [-0.15, -0.1) is 6.92 Å². The van der Waals surface area contributed by atoms with E-state index in [4.69, 9.17) is 5.73 Å². The van der Waals surface area contributed by atoms with E-state index in [0.717, 1.165) is 19.3 Å². The number of carbonyl (C=O) groups is 1. The van der Waals surface area contributed by atoms with E-state index in [1.807, 2.05) is 0 Å². The van der Waals surface area contributed by atoms with E-state index in [1.54, 1.807) is 20.0 Å². The van der Waals surface area contributed by atoms with E-state index >= 15 is 0 Å². The molecule has 5 aliphatic rings. The fourth-order valence-electron chi connectivity index (χ4n) is 5.58. The summed E-state index contributed by atoms with van der Waals surface area (Å²) in [7, 11) is 0. The van der Waals surface area contributed by atoms with Crippen molar-refractivity contribution in [3.8, 4) is 0 Å². The molecule has 4 heteroatoms. The van der Waals surface area contributed by atoms with Gasteiger partial charge >= 0.3 is 24.8 Å². The van der Waals surface area contributed by atoms with Crippen LogP contribution in [0.5, 0.6) is 0 Å². The summed E-state index contributed by atoms with van der Waals surface area (Å²) in [5, 5.41) is 0. The molecule has 4 fully saturated rings. The molecule has 3 unspecified atom stereocenters. The van der Waals surface area contributed by atoms with E-state index in [2.05, 4.69) is 38.6 Å². The zero-order valence-corrected chi connectivity index (χ0v) is 17.5. The number of amides is 1.